The predicted octanol–water partition coefficient (Wildman–Crippen LogP) is 2.73. The van der Waals surface area contributed by atoms with Crippen LogP contribution in [0.25, 0.3) is 0 Å². The minimum absolute atomic E-state index is 0.00171. The highest BCUT2D eigenvalue weighted by atomic mass is 79.9. The molecule has 2 aromatic rings. The maximum Gasteiger partial charge on any atom is 0.188 e. The van der Waals surface area contributed by atoms with Crippen LogP contribution in [0.15, 0.2) is 34.9 Å². The zero-order valence-corrected chi connectivity index (χ0v) is 10.1. The molecule has 0 aliphatic heterocycles. The fraction of sp³-hybridized carbons (Fsp3) is 0.100. The minimum Gasteiger partial charge on any atom is -0.292 e. The highest BCUT2D eigenvalue weighted by molar-refractivity contribution is 9.10. The largest absolute Gasteiger partial charge is 0.292 e. The Morgan fingerprint density at radius 2 is 2.33 bits per heavy atom. The molecule has 15 heavy (non-hydrogen) atoms. The highest BCUT2D eigenvalue weighted by Crippen LogP contribution is 2.13. The smallest absolute Gasteiger partial charge is 0.188 e. The number of hydrogen-bond donors (Lipinski definition) is 0. The lowest BCUT2D eigenvalue weighted by molar-refractivity contribution is 0.0989. The number of halogens is 1. The van der Waals surface area contributed by atoms with Crippen LogP contribution in [0.5, 0.6) is 0 Å². The highest BCUT2D eigenvalue weighted by Gasteiger charge is 2.09. The van der Waals surface area contributed by atoms with Gasteiger partial charge in [-0.05, 0) is 17.7 Å². The SMILES string of the molecule is O=C(Cc1cccc(Br)c1)c1cnsn1. The molecule has 0 unspecified atom stereocenters. The minimum atomic E-state index is 0.00171. The van der Waals surface area contributed by atoms with Crippen LogP contribution in [-0.4, -0.2) is 14.5 Å². The summed E-state index contributed by atoms with van der Waals surface area (Å²) in [7, 11) is 0. The quantitative estimate of drug-likeness (QED) is 0.813. The molecule has 0 bridgehead atoms. The van der Waals surface area contributed by atoms with Gasteiger partial charge in [0.05, 0.1) is 17.9 Å². The summed E-state index contributed by atoms with van der Waals surface area (Å²) in [6, 6.07) is 7.69. The molecule has 2 rings (SSSR count). The van der Waals surface area contributed by atoms with Crippen molar-refractivity contribution >= 4 is 33.4 Å². The molecule has 0 amide bonds. The number of carbonyl (C=O) groups excluding carboxylic acids is 1. The van der Waals surface area contributed by atoms with Gasteiger partial charge in [-0.15, -0.1) is 0 Å². The molecule has 0 aliphatic rings. The third kappa shape index (κ3) is 2.70. The van der Waals surface area contributed by atoms with Crippen LogP contribution in [0.4, 0.5) is 0 Å². The summed E-state index contributed by atoms with van der Waals surface area (Å²) in [6.07, 6.45) is 1.87. The molecule has 1 aromatic carbocycles. The zero-order valence-electron chi connectivity index (χ0n) is 7.68. The first kappa shape index (κ1) is 10.4. The molecule has 5 heteroatoms. The summed E-state index contributed by atoms with van der Waals surface area (Å²) in [5, 5.41) is 0. The van der Waals surface area contributed by atoms with Crippen LogP contribution in [0, 0.1) is 0 Å². The van der Waals surface area contributed by atoms with E-state index in [1.165, 1.54) is 6.20 Å². The van der Waals surface area contributed by atoms with E-state index in [-0.39, 0.29) is 5.78 Å². The monoisotopic (exact) mass is 282 g/mol. The predicted molar refractivity (Wildman–Crippen MR) is 62.1 cm³/mol. The van der Waals surface area contributed by atoms with Gasteiger partial charge in [-0.3, -0.25) is 4.79 Å². The van der Waals surface area contributed by atoms with Crippen LogP contribution in [-0.2, 0) is 6.42 Å². The summed E-state index contributed by atoms with van der Waals surface area (Å²) in [5.74, 6) is 0.00171. The Labute approximate surface area is 99.6 Å². The molecule has 76 valence electrons. The van der Waals surface area contributed by atoms with Crippen molar-refractivity contribution < 1.29 is 4.79 Å². The van der Waals surface area contributed by atoms with Crippen LogP contribution in [0.2, 0.25) is 0 Å². The molecule has 0 saturated carbocycles. The first-order valence-corrected chi connectivity index (χ1v) is 5.83. The number of carbonyl (C=O) groups is 1. The van der Waals surface area contributed by atoms with Crippen molar-refractivity contribution in [3.8, 4) is 0 Å². The van der Waals surface area contributed by atoms with E-state index in [1.807, 2.05) is 24.3 Å². The summed E-state index contributed by atoms with van der Waals surface area (Å²) in [4.78, 5) is 11.7. The number of nitrogens with zero attached hydrogens (tertiary/aromatic N) is 2. The summed E-state index contributed by atoms with van der Waals surface area (Å²) in [5.41, 5.74) is 1.42. The Kier molecular flexibility index (Phi) is 3.23. The Hall–Kier alpha value is -1.07. The van der Waals surface area contributed by atoms with Crippen molar-refractivity contribution in [1.29, 1.82) is 0 Å². The lowest BCUT2D eigenvalue weighted by Gasteiger charge is -1.98. The summed E-state index contributed by atoms with van der Waals surface area (Å²) >= 11 is 4.42. The number of ketones is 1. The number of Topliss-reactive ketones (excluding diaryl/α,β-unsaturated/α-hetero) is 1. The first-order chi connectivity index (χ1) is 7.25. The first-order valence-electron chi connectivity index (χ1n) is 4.31. The number of rotatable bonds is 3. The average Bonchev–Trinajstić information content (AvgIpc) is 2.70. The Bertz CT molecular complexity index is 470. The zero-order chi connectivity index (χ0) is 10.7. The van der Waals surface area contributed by atoms with Gasteiger partial charge in [-0.25, -0.2) is 0 Å². The van der Waals surface area contributed by atoms with Gasteiger partial charge in [0.15, 0.2) is 5.78 Å². The van der Waals surface area contributed by atoms with E-state index >= 15 is 0 Å². The summed E-state index contributed by atoms with van der Waals surface area (Å²) < 4.78 is 8.68. The van der Waals surface area contributed by atoms with Gasteiger partial charge in [-0.1, -0.05) is 28.1 Å². The van der Waals surface area contributed by atoms with Crippen molar-refractivity contribution in [2.75, 3.05) is 0 Å². The number of hydrogen-bond acceptors (Lipinski definition) is 4. The van der Waals surface area contributed by atoms with E-state index in [0.29, 0.717) is 12.1 Å². The molecule has 0 aliphatic carbocycles. The lowest BCUT2D eigenvalue weighted by Crippen LogP contribution is -2.03. The maximum atomic E-state index is 11.7. The maximum absolute atomic E-state index is 11.7. The topological polar surface area (TPSA) is 42.9 Å². The molecular formula is C10H7BrN2OS. The van der Waals surface area contributed by atoms with Crippen molar-refractivity contribution in [2.24, 2.45) is 0 Å². The molecule has 3 nitrogen and oxygen atoms in total. The Balaban J connectivity index is 2.13. The van der Waals surface area contributed by atoms with E-state index in [9.17, 15) is 4.79 Å². The van der Waals surface area contributed by atoms with Gasteiger partial charge in [0, 0.05) is 10.9 Å². The second-order valence-electron chi connectivity index (χ2n) is 3.02. The molecule has 0 saturated heterocycles. The van der Waals surface area contributed by atoms with E-state index in [1.54, 1.807) is 0 Å². The van der Waals surface area contributed by atoms with Crippen LogP contribution < -0.4 is 0 Å². The fourth-order valence-corrected chi connectivity index (χ4v) is 2.09. The third-order valence-electron chi connectivity index (χ3n) is 1.90. The van der Waals surface area contributed by atoms with Gasteiger partial charge in [0.1, 0.15) is 5.69 Å². The number of benzene rings is 1. The van der Waals surface area contributed by atoms with Crippen LogP contribution in [0.3, 0.4) is 0 Å². The van der Waals surface area contributed by atoms with Crippen molar-refractivity contribution in [3.63, 3.8) is 0 Å². The summed E-state index contributed by atoms with van der Waals surface area (Å²) in [6.45, 7) is 0. The lowest BCUT2D eigenvalue weighted by atomic mass is 10.1. The van der Waals surface area contributed by atoms with E-state index in [2.05, 4.69) is 24.7 Å². The molecular weight excluding hydrogens is 276 g/mol. The van der Waals surface area contributed by atoms with Gasteiger partial charge >= 0.3 is 0 Å². The normalized spacial score (nSPS) is 10.2. The molecule has 1 aromatic heterocycles. The van der Waals surface area contributed by atoms with Crippen molar-refractivity contribution in [1.82, 2.24) is 8.75 Å². The van der Waals surface area contributed by atoms with Gasteiger partial charge in [-0.2, -0.15) is 8.75 Å². The van der Waals surface area contributed by atoms with Crippen molar-refractivity contribution in [2.45, 2.75) is 6.42 Å². The molecule has 1 heterocycles. The van der Waals surface area contributed by atoms with Gasteiger partial charge < -0.3 is 0 Å². The van der Waals surface area contributed by atoms with Gasteiger partial charge in [0.2, 0.25) is 0 Å². The van der Waals surface area contributed by atoms with Crippen LogP contribution in [0.1, 0.15) is 16.1 Å². The fourth-order valence-electron chi connectivity index (χ4n) is 1.21. The molecule has 0 spiro atoms. The molecule has 0 atom stereocenters. The molecule has 0 radical (unpaired) electrons. The van der Waals surface area contributed by atoms with E-state index in [0.717, 1.165) is 21.8 Å². The second-order valence-corrected chi connectivity index (χ2v) is 4.49. The standard InChI is InChI=1S/C10H7BrN2OS/c11-8-3-1-2-7(4-8)5-10(14)9-6-12-15-13-9/h1-4,6H,5H2. The van der Waals surface area contributed by atoms with E-state index in [4.69, 9.17) is 0 Å². The van der Waals surface area contributed by atoms with Gasteiger partial charge in [0.25, 0.3) is 0 Å². The van der Waals surface area contributed by atoms with Crippen LogP contribution >= 0.6 is 27.7 Å². The molecule has 0 N–H and O–H groups in total. The van der Waals surface area contributed by atoms with E-state index < -0.39 is 0 Å². The van der Waals surface area contributed by atoms with Crippen molar-refractivity contribution in [3.05, 3.63) is 46.2 Å². The average molecular weight is 283 g/mol. The number of aromatic nitrogens is 2. The Morgan fingerprint density at radius 3 is 3.00 bits per heavy atom. The Morgan fingerprint density at radius 1 is 1.47 bits per heavy atom. The third-order valence-corrected chi connectivity index (χ3v) is 2.87. The molecule has 0 fully saturated rings. The second kappa shape index (κ2) is 4.63.